The van der Waals surface area contributed by atoms with E-state index in [4.69, 9.17) is 9.47 Å². The van der Waals surface area contributed by atoms with Crippen LogP contribution >= 0.6 is 0 Å². The van der Waals surface area contributed by atoms with E-state index in [1.165, 1.54) is 0 Å². The average molecular weight is 496 g/mol. The van der Waals surface area contributed by atoms with Crippen molar-refractivity contribution in [2.24, 2.45) is 0 Å². The average Bonchev–Trinajstić information content (AvgIpc) is 2.85. The normalized spacial score (nSPS) is 11.1. The Morgan fingerprint density at radius 3 is 2.44 bits per heavy atom. The fraction of sp³-hybridized carbons (Fsp3) is 0.467. The molecule has 2 aromatic rings. The number of hydrogen-bond donors (Lipinski definition) is 1. The molecule has 0 aliphatic carbocycles. The Morgan fingerprint density at radius 2 is 1.78 bits per heavy atom. The molecule has 0 saturated carbocycles. The van der Waals surface area contributed by atoms with E-state index < -0.39 is 0 Å². The molecular weight excluding hydrogens is 452 g/mol. The van der Waals surface area contributed by atoms with Crippen LogP contribution in [-0.4, -0.2) is 56.5 Å². The van der Waals surface area contributed by atoms with Crippen molar-refractivity contribution < 1.29 is 23.5 Å². The summed E-state index contributed by atoms with van der Waals surface area (Å²) in [6, 6.07) is 13.1. The van der Waals surface area contributed by atoms with Crippen molar-refractivity contribution in [2.45, 2.75) is 52.4 Å². The number of ether oxygens (including phenoxy) is 2. The maximum atomic E-state index is 12.2. The maximum absolute atomic E-state index is 12.2. The molecule has 0 atom stereocenters. The SMILES string of the molecule is C=CCc1cccc(Oc2ccc(C(=O)CC)cc2)c1OCCCC[N+](C)(C)CC(=O)NCCCC. The third-order valence-electron chi connectivity index (χ3n) is 5.98. The minimum atomic E-state index is 0.108. The topological polar surface area (TPSA) is 64.6 Å². The second kappa shape index (κ2) is 15.1. The van der Waals surface area contributed by atoms with E-state index in [-0.39, 0.29) is 11.7 Å². The number of nitrogens with one attached hydrogen (secondary N) is 1. The number of carbonyl (C=O) groups is 2. The molecule has 0 bridgehead atoms. The van der Waals surface area contributed by atoms with Gasteiger partial charge in [-0.25, -0.2) is 0 Å². The number of rotatable bonds is 17. The number of likely N-dealkylation sites (N-methyl/N-ethyl adjacent to an activating group) is 1. The standard InChI is InChI=1S/C30H42N2O4/c1-6-9-20-31-29(34)23-32(4,5)21-10-11-22-35-30-25(13-7-2)14-12-15-28(30)36-26-18-16-24(17-19-26)27(33)8-3/h7,12,14-19H,2,6,8-11,13,20-23H2,1,3-5H3/p+1. The van der Waals surface area contributed by atoms with Gasteiger partial charge in [0.2, 0.25) is 0 Å². The van der Waals surface area contributed by atoms with Crippen molar-refractivity contribution in [1.29, 1.82) is 0 Å². The molecule has 0 unspecified atom stereocenters. The molecule has 1 N–H and O–H groups in total. The van der Waals surface area contributed by atoms with E-state index >= 15 is 0 Å². The molecule has 2 aromatic carbocycles. The lowest BCUT2D eigenvalue weighted by Crippen LogP contribution is -2.48. The number of allylic oxidation sites excluding steroid dienone is 1. The summed E-state index contributed by atoms with van der Waals surface area (Å²) in [4.78, 5) is 24.1. The highest BCUT2D eigenvalue weighted by atomic mass is 16.5. The van der Waals surface area contributed by atoms with E-state index in [2.05, 4.69) is 32.9 Å². The van der Waals surface area contributed by atoms with Gasteiger partial charge >= 0.3 is 0 Å². The van der Waals surface area contributed by atoms with Gasteiger partial charge < -0.3 is 19.3 Å². The van der Waals surface area contributed by atoms with Crippen LogP contribution in [-0.2, 0) is 11.2 Å². The van der Waals surface area contributed by atoms with Crippen molar-refractivity contribution in [3.05, 3.63) is 66.2 Å². The van der Waals surface area contributed by atoms with Gasteiger partial charge in [0, 0.05) is 24.1 Å². The number of ketones is 1. The van der Waals surface area contributed by atoms with Gasteiger partial charge in [-0.15, -0.1) is 6.58 Å². The Balaban J connectivity index is 1.94. The van der Waals surface area contributed by atoms with Crippen molar-refractivity contribution in [2.75, 3.05) is 40.3 Å². The van der Waals surface area contributed by atoms with Crippen molar-refractivity contribution >= 4 is 11.7 Å². The summed E-state index contributed by atoms with van der Waals surface area (Å²) in [6.07, 6.45) is 6.91. The van der Waals surface area contributed by atoms with E-state index in [0.29, 0.717) is 47.5 Å². The van der Waals surface area contributed by atoms with E-state index in [1.54, 1.807) is 12.1 Å². The number of unbranched alkanes of at least 4 members (excludes halogenated alkanes) is 2. The number of Topliss-reactive ketones (excluding diaryl/α,β-unsaturated/α-hetero) is 1. The molecule has 0 fully saturated rings. The second-order valence-electron chi connectivity index (χ2n) is 9.72. The van der Waals surface area contributed by atoms with Crippen LogP contribution < -0.4 is 14.8 Å². The monoisotopic (exact) mass is 495 g/mol. The Kier molecular flexibility index (Phi) is 12.2. The van der Waals surface area contributed by atoms with E-state index in [9.17, 15) is 9.59 Å². The fourth-order valence-corrected chi connectivity index (χ4v) is 3.91. The largest absolute Gasteiger partial charge is 0.489 e. The smallest absolute Gasteiger partial charge is 0.275 e. The predicted molar refractivity (Wildman–Crippen MR) is 146 cm³/mol. The summed E-state index contributed by atoms with van der Waals surface area (Å²) in [5.41, 5.74) is 1.70. The Morgan fingerprint density at radius 1 is 1.03 bits per heavy atom. The lowest BCUT2D eigenvalue weighted by Gasteiger charge is -2.29. The number of quaternary nitrogens is 1. The first kappa shape index (κ1) is 29.1. The zero-order valence-electron chi connectivity index (χ0n) is 22.5. The van der Waals surface area contributed by atoms with Crippen LogP contribution in [0, 0.1) is 0 Å². The summed E-state index contributed by atoms with van der Waals surface area (Å²) >= 11 is 0. The molecule has 0 aromatic heterocycles. The number of amides is 1. The van der Waals surface area contributed by atoms with Gasteiger partial charge in [-0.2, -0.15) is 0 Å². The molecule has 1 amide bonds. The van der Waals surface area contributed by atoms with Gasteiger partial charge in [0.05, 0.1) is 27.2 Å². The van der Waals surface area contributed by atoms with Gasteiger partial charge in [0.25, 0.3) is 5.91 Å². The highest BCUT2D eigenvalue weighted by molar-refractivity contribution is 5.95. The van der Waals surface area contributed by atoms with Crippen LogP contribution in [0.3, 0.4) is 0 Å². The predicted octanol–water partition coefficient (Wildman–Crippen LogP) is 5.95. The molecule has 6 nitrogen and oxygen atoms in total. The number of para-hydroxylation sites is 1. The van der Waals surface area contributed by atoms with Crippen molar-refractivity contribution in [3.8, 4) is 17.2 Å². The van der Waals surface area contributed by atoms with Crippen LogP contribution in [0.25, 0.3) is 0 Å². The summed E-state index contributed by atoms with van der Waals surface area (Å²) < 4.78 is 13.0. The molecule has 0 aliphatic rings. The van der Waals surface area contributed by atoms with Crippen molar-refractivity contribution in [1.82, 2.24) is 5.32 Å². The molecule has 0 aliphatic heterocycles. The van der Waals surface area contributed by atoms with Gasteiger partial charge in [0.15, 0.2) is 23.8 Å². The molecule has 6 heteroatoms. The van der Waals surface area contributed by atoms with E-state index in [0.717, 1.165) is 50.1 Å². The molecule has 36 heavy (non-hydrogen) atoms. The fourth-order valence-electron chi connectivity index (χ4n) is 3.91. The lowest BCUT2D eigenvalue weighted by molar-refractivity contribution is -0.882. The number of hydrogen-bond acceptors (Lipinski definition) is 4. The van der Waals surface area contributed by atoms with Crippen LogP contribution in [0.5, 0.6) is 17.2 Å². The Bertz CT molecular complexity index is 983. The van der Waals surface area contributed by atoms with Crippen LogP contribution in [0.1, 0.15) is 61.9 Å². The summed E-state index contributed by atoms with van der Waals surface area (Å²) in [5.74, 6) is 2.23. The van der Waals surface area contributed by atoms with Crippen LogP contribution in [0.2, 0.25) is 0 Å². The molecule has 0 saturated heterocycles. The zero-order valence-corrected chi connectivity index (χ0v) is 22.5. The first-order valence-electron chi connectivity index (χ1n) is 13.0. The third kappa shape index (κ3) is 9.86. The second-order valence-corrected chi connectivity index (χ2v) is 9.72. The lowest BCUT2D eigenvalue weighted by atomic mass is 10.1. The molecular formula is C30H43N2O4+. The summed E-state index contributed by atoms with van der Waals surface area (Å²) in [5, 5.41) is 3.00. The van der Waals surface area contributed by atoms with Gasteiger partial charge in [-0.1, -0.05) is 38.5 Å². The third-order valence-corrected chi connectivity index (χ3v) is 5.98. The summed E-state index contributed by atoms with van der Waals surface area (Å²) in [7, 11) is 4.18. The van der Waals surface area contributed by atoms with Crippen LogP contribution in [0.4, 0.5) is 0 Å². The molecule has 0 radical (unpaired) electrons. The highest BCUT2D eigenvalue weighted by Crippen LogP contribution is 2.35. The number of nitrogens with zero attached hydrogens (tertiary/aromatic N) is 1. The van der Waals surface area contributed by atoms with Gasteiger partial charge in [-0.05, 0) is 56.0 Å². The Labute approximate surface area is 216 Å². The first-order chi connectivity index (χ1) is 17.3. The number of carbonyl (C=O) groups excluding carboxylic acids is 2. The van der Waals surface area contributed by atoms with Crippen LogP contribution in [0.15, 0.2) is 55.1 Å². The quantitative estimate of drug-likeness (QED) is 0.127. The van der Waals surface area contributed by atoms with Gasteiger partial charge in [0.1, 0.15) is 5.75 Å². The molecule has 2 rings (SSSR count). The van der Waals surface area contributed by atoms with Gasteiger partial charge in [-0.3, -0.25) is 9.59 Å². The molecule has 196 valence electrons. The summed E-state index contributed by atoms with van der Waals surface area (Å²) in [6.45, 7) is 10.5. The molecule has 0 heterocycles. The minimum absolute atomic E-state index is 0.108. The molecule has 0 spiro atoms. The highest BCUT2D eigenvalue weighted by Gasteiger charge is 2.19. The Hall–Kier alpha value is -3.12. The maximum Gasteiger partial charge on any atom is 0.275 e. The first-order valence-corrected chi connectivity index (χ1v) is 13.0. The van der Waals surface area contributed by atoms with Crippen molar-refractivity contribution in [3.63, 3.8) is 0 Å². The minimum Gasteiger partial charge on any atom is -0.489 e. The van der Waals surface area contributed by atoms with E-state index in [1.807, 2.05) is 43.3 Å². The number of benzene rings is 2. The zero-order chi connectivity index (χ0) is 26.4.